The number of hydrogen-bond donors (Lipinski definition) is 0. The molecule has 5 nitrogen and oxygen atoms in total. The second kappa shape index (κ2) is 11.4. The maximum absolute atomic E-state index is 6.62. The van der Waals surface area contributed by atoms with Crippen molar-refractivity contribution in [1.29, 1.82) is 0 Å². The molecule has 50 heavy (non-hydrogen) atoms. The van der Waals surface area contributed by atoms with E-state index in [9.17, 15) is 0 Å². The molecular formula is C45H28N4O. The summed E-state index contributed by atoms with van der Waals surface area (Å²) in [6, 6.07) is 58.6. The zero-order valence-electron chi connectivity index (χ0n) is 26.9. The summed E-state index contributed by atoms with van der Waals surface area (Å²) < 4.78 is 9.00. The van der Waals surface area contributed by atoms with Gasteiger partial charge >= 0.3 is 0 Å². The molecule has 0 atom stereocenters. The molecule has 0 saturated carbocycles. The predicted octanol–water partition coefficient (Wildman–Crippen LogP) is 11.5. The molecule has 0 fully saturated rings. The van der Waals surface area contributed by atoms with E-state index in [0.29, 0.717) is 17.5 Å². The van der Waals surface area contributed by atoms with Crippen molar-refractivity contribution in [2.24, 2.45) is 0 Å². The summed E-state index contributed by atoms with van der Waals surface area (Å²) in [5, 5.41) is 4.52. The Balaban J connectivity index is 1.17. The lowest BCUT2D eigenvalue weighted by molar-refractivity contribution is 0.669. The minimum absolute atomic E-state index is 0.594. The van der Waals surface area contributed by atoms with Gasteiger partial charge in [-0.05, 0) is 47.5 Å². The number of nitrogens with zero attached hydrogens (tertiary/aromatic N) is 4. The van der Waals surface area contributed by atoms with Crippen LogP contribution in [0.25, 0.3) is 94.7 Å². The molecule has 0 aliphatic rings. The van der Waals surface area contributed by atoms with Gasteiger partial charge < -0.3 is 8.98 Å². The van der Waals surface area contributed by atoms with Crippen molar-refractivity contribution < 1.29 is 4.42 Å². The molecule has 0 amide bonds. The second-order valence-electron chi connectivity index (χ2n) is 12.5. The monoisotopic (exact) mass is 640 g/mol. The largest absolute Gasteiger partial charge is 0.456 e. The van der Waals surface area contributed by atoms with Gasteiger partial charge in [0.05, 0.1) is 22.1 Å². The summed E-state index contributed by atoms with van der Waals surface area (Å²) in [5.41, 5.74) is 10.1. The van der Waals surface area contributed by atoms with E-state index in [4.69, 9.17) is 19.4 Å². The van der Waals surface area contributed by atoms with Crippen molar-refractivity contribution in [2.45, 2.75) is 0 Å². The number of fused-ring (bicyclic) bond motifs is 6. The Labute approximate surface area is 287 Å². The van der Waals surface area contributed by atoms with Crippen LogP contribution in [0, 0.1) is 0 Å². The van der Waals surface area contributed by atoms with E-state index < -0.39 is 0 Å². The molecule has 0 unspecified atom stereocenters. The Morgan fingerprint density at radius 3 is 1.62 bits per heavy atom. The summed E-state index contributed by atoms with van der Waals surface area (Å²) in [5.74, 6) is 1.85. The topological polar surface area (TPSA) is 56.7 Å². The minimum Gasteiger partial charge on any atom is -0.456 e. The summed E-state index contributed by atoms with van der Waals surface area (Å²) in [6.45, 7) is 0. The molecule has 0 radical (unpaired) electrons. The van der Waals surface area contributed by atoms with Gasteiger partial charge in [0, 0.05) is 32.8 Å². The number of furan rings is 1. The van der Waals surface area contributed by atoms with Gasteiger partial charge in [-0.1, -0.05) is 133 Å². The number of para-hydroxylation sites is 1. The minimum atomic E-state index is 0.594. The highest BCUT2D eigenvalue weighted by atomic mass is 16.3. The molecule has 10 rings (SSSR count). The van der Waals surface area contributed by atoms with Crippen molar-refractivity contribution >= 4 is 43.7 Å². The highest BCUT2D eigenvalue weighted by molar-refractivity contribution is 6.15. The average Bonchev–Trinajstić information content (AvgIpc) is 3.74. The van der Waals surface area contributed by atoms with Crippen LogP contribution in [0.1, 0.15) is 0 Å². The summed E-state index contributed by atoms with van der Waals surface area (Å²) in [4.78, 5) is 14.8. The molecular weight excluding hydrogens is 613 g/mol. The smallest absolute Gasteiger partial charge is 0.164 e. The van der Waals surface area contributed by atoms with Crippen LogP contribution in [-0.2, 0) is 0 Å². The van der Waals surface area contributed by atoms with E-state index in [1.807, 2.05) is 66.7 Å². The Kier molecular flexibility index (Phi) is 6.42. The third-order valence-corrected chi connectivity index (χ3v) is 9.45. The number of rotatable bonds is 5. The van der Waals surface area contributed by atoms with E-state index in [1.54, 1.807) is 0 Å². The van der Waals surface area contributed by atoms with Crippen molar-refractivity contribution in [3.63, 3.8) is 0 Å². The van der Waals surface area contributed by atoms with Crippen LogP contribution in [0.3, 0.4) is 0 Å². The Morgan fingerprint density at radius 2 is 0.920 bits per heavy atom. The van der Waals surface area contributed by atoms with Crippen molar-refractivity contribution in [1.82, 2.24) is 19.5 Å². The van der Waals surface area contributed by atoms with Crippen molar-refractivity contribution in [3.8, 4) is 51.0 Å². The fraction of sp³-hybridized carbons (Fsp3) is 0. The third-order valence-electron chi connectivity index (χ3n) is 9.45. The van der Waals surface area contributed by atoms with Crippen LogP contribution < -0.4 is 0 Å². The molecule has 234 valence electrons. The normalized spacial score (nSPS) is 11.6. The van der Waals surface area contributed by atoms with Gasteiger partial charge in [-0.3, -0.25) is 0 Å². The average molecular weight is 641 g/mol. The zero-order chi connectivity index (χ0) is 33.0. The Morgan fingerprint density at radius 1 is 0.360 bits per heavy atom. The lowest BCUT2D eigenvalue weighted by Crippen LogP contribution is -2.00. The Bertz CT molecular complexity index is 2800. The molecule has 0 N–H and O–H groups in total. The quantitative estimate of drug-likeness (QED) is 0.188. The van der Waals surface area contributed by atoms with Gasteiger partial charge in [-0.2, -0.15) is 0 Å². The van der Waals surface area contributed by atoms with Crippen molar-refractivity contribution in [2.75, 3.05) is 0 Å². The molecule has 3 aromatic heterocycles. The highest BCUT2D eigenvalue weighted by Gasteiger charge is 2.19. The van der Waals surface area contributed by atoms with E-state index in [-0.39, 0.29) is 0 Å². The van der Waals surface area contributed by atoms with Crippen molar-refractivity contribution in [3.05, 3.63) is 170 Å². The summed E-state index contributed by atoms with van der Waals surface area (Å²) in [7, 11) is 0. The maximum Gasteiger partial charge on any atom is 0.164 e. The maximum atomic E-state index is 6.62. The summed E-state index contributed by atoms with van der Waals surface area (Å²) in [6.07, 6.45) is 0. The zero-order valence-corrected chi connectivity index (χ0v) is 26.9. The third kappa shape index (κ3) is 4.60. The van der Waals surface area contributed by atoms with Gasteiger partial charge in [0.1, 0.15) is 11.2 Å². The Hall–Kier alpha value is -6.85. The molecule has 10 aromatic rings. The highest BCUT2D eigenvalue weighted by Crippen LogP contribution is 2.40. The molecule has 0 bridgehead atoms. The molecule has 7 aromatic carbocycles. The van der Waals surface area contributed by atoms with Gasteiger partial charge in [-0.15, -0.1) is 0 Å². The number of benzene rings is 7. The van der Waals surface area contributed by atoms with Gasteiger partial charge in [0.2, 0.25) is 0 Å². The molecule has 0 aliphatic carbocycles. The molecule has 5 heteroatoms. The molecule has 0 saturated heterocycles. The van der Waals surface area contributed by atoms with Gasteiger partial charge in [0.15, 0.2) is 17.5 Å². The molecule has 0 spiro atoms. The van der Waals surface area contributed by atoms with Crippen LogP contribution in [0.5, 0.6) is 0 Å². The van der Waals surface area contributed by atoms with Crippen LogP contribution in [0.15, 0.2) is 174 Å². The summed E-state index contributed by atoms with van der Waals surface area (Å²) >= 11 is 0. The lowest BCUT2D eigenvalue weighted by Gasteiger charge is -2.11. The van der Waals surface area contributed by atoms with Crippen LogP contribution >= 0.6 is 0 Å². The van der Waals surface area contributed by atoms with E-state index in [0.717, 1.165) is 55.3 Å². The number of aromatic nitrogens is 4. The van der Waals surface area contributed by atoms with Crippen LogP contribution in [0.4, 0.5) is 0 Å². The lowest BCUT2D eigenvalue weighted by atomic mass is 10.0. The van der Waals surface area contributed by atoms with E-state index in [1.165, 1.54) is 21.9 Å². The molecule has 0 aliphatic heterocycles. The first-order chi connectivity index (χ1) is 24.8. The molecule has 3 heterocycles. The van der Waals surface area contributed by atoms with Crippen LogP contribution in [-0.4, -0.2) is 19.5 Å². The number of hydrogen-bond acceptors (Lipinski definition) is 4. The van der Waals surface area contributed by atoms with Gasteiger partial charge in [0.25, 0.3) is 0 Å². The van der Waals surface area contributed by atoms with E-state index >= 15 is 0 Å². The standard InChI is InChI=1S/C45H28N4O/c1-4-13-29(14-5-1)32-23-25-35-34-19-10-11-20-37(34)49(39(35)27-32)38-21-12-22-40-42(38)36-26-24-33(28-41(36)50-40)45-47-43(30-15-6-2-7-16-30)46-44(48-45)31-17-8-3-9-18-31/h1-28H. The first kappa shape index (κ1) is 28.2. The van der Waals surface area contributed by atoms with Crippen LogP contribution in [0.2, 0.25) is 0 Å². The fourth-order valence-corrected chi connectivity index (χ4v) is 7.11. The first-order valence-corrected chi connectivity index (χ1v) is 16.7. The van der Waals surface area contributed by atoms with E-state index in [2.05, 4.69) is 108 Å². The predicted molar refractivity (Wildman–Crippen MR) is 203 cm³/mol. The fourth-order valence-electron chi connectivity index (χ4n) is 7.11. The van der Waals surface area contributed by atoms with Gasteiger partial charge in [-0.25, -0.2) is 15.0 Å². The SMILES string of the molecule is c1ccc(-c2ccc3c4ccccc4n(-c4cccc5oc6cc(-c7nc(-c8ccccc8)nc(-c8ccccc8)n7)ccc6c45)c3c2)cc1. The first-order valence-electron chi connectivity index (χ1n) is 16.7. The second-order valence-corrected chi connectivity index (χ2v) is 12.5.